The van der Waals surface area contributed by atoms with Crippen LogP contribution in [0.15, 0.2) is 24.3 Å². The summed E-state index contributed by atoms with van der Waals surface area (Å²) in [4.78, 5) is 35.9. The fourth-order valence-electron chi connectivity index (χ4n) is 3.28. The number of hydrogen-bond donors (Lipinski definition) is 2. The van der Waals surface area contributed by atoms with Crippen LogP contribution in [0.5, 0.6) is 0 Å². The highest BCUT2D eigenvalue weighted by molar-refractivity contribution is 5.83. The van der Waals surface area contributed by atoms with Crippen molar-refractivity contribution in [2.75, 3.05) is 7.11 Å². The Morgan fingerprint density at radius 3 is 2.34 bits per heavy atom. The third-order valence-corrected chi connectivity index (χ3v) is 4.67. The molecule has 162 valence electrons. The lowest BCUT2D eigenvalue weighted by Crippen LogP contribution is -2.45. The smallest absolute Gasteiger partial charge is 0.408 e. The maximum absolute atomic E-state index is 12.0. The first kappa shape index (κ1) is 24.6. The van der Waals surface area contributed by atoms with E-state index in [1.54, 1.807) is 45.0 Å². The molecular formula is C22H33NO6. The van der Waals surface area contributed by atoms with Gasteiger partial charge in [-0.2, -0.15) is 0 Å². The molecule has 0 aliphatic heterocycles. The van der Waals surface area contributed by atoms with Crippen molar-refractivity contribution in [2.45, 2.75) is 71.6 Å². The van der Waals surface area contributed by atoms with Crippen LogP contribution in [0.1, 0.15) is 64.7 Å². The van der Waals surface area contributed by atoms with Gasteiger partial charge in [0.25, 0.3) is 0 Å². The maximum atomic E-state index is 12.0. The quantitative estimate of drug-likeness (QED) is 0.701. The largest absolute Gasteiger partial charge is 0.467 e. The van der Waals surface area contributed by atoms with Crippen LogP contribution < -0.4 is 5.32 Å². The Morgan fingerprint density at radius 2 is 1.86 bits per heavy atom. The molecule has 7 heteroatoms. The summed E-state index contributed by atoms with van der Waals surface area (Å²) in [6.07, 6.45) is 0.735. The molecule has 1 aliphatic rings. The van der Waals surface area contributed by atoms with Gasteiger partial charge in [0.15, 0.2) is 0 Å². The number of alkyl carbamates (subject to hydrolysis) is 1. The molecule has 29 heavy (non-hydrogen) atoms. The van der Waals surface area contributed by atoms with Gasteiger partial charge in [0.05, 0.1) is 13.2 Å². The van der Waals surface area contributed by atoms with Gasteiger partial charge in [0, 0.05) is 18.8 Å². The van der Waals surface area contributed by atoms with E-state index in [4.69, 9.17) is 9.47 Å². The van der Waals surface area contributed by atoms with Crippen molar-refractivity contribution in [3.63, 3.8) is 0 Å². The van der Waals surface area contributed by atoms with Crippen LogP contribution in [0, 0.1) is 5.92 Å². The Labute approximate surface area is 172 Å². The zero-order chi connectivity index (χ0) is 20.9. The second kappa shape index (κ2) is 10.4. The minimum Gasteiger partial charge on any atom is -0.467 e. The van der Waals surface area contributed by atoms with Gasteiger partial charge in [-0.15, -0.1) is 0 Å². The standard InChI is InChI=1S/C21H29NO6.CH4/c1-21(2,3)28-20(26)22-16(19(25)27-4)12-13-8-10-14(11-9-13)18(24)15-6-5-7-17(15)23;/h8-11,15-16,18,24H,5-7,12H2,1-4H3,(H,22,26);1H4. The number of ketones is 1. The summed E-state index contributed by atoms with van der Waals surface area (Å²) in [5.41, 5.74) is 0.763. The Hall–Kier alpha value is -2.41. The molecule has 3 atom stereocenters. The van der Waals surface area contributed by atoms with Gasteiger partial charge in [-0.25, -0.2) is 9.59 Å². The molecule has 1 amide bonds. The van der Waals surface area contributed by atoms with Gasteiger partial charge in [0.1, 0.15) is 17.4 Å². The van der Waals surface area contributed by atoms with Crippen LogP contribution in [0.3, 0.4) is 0 Å². The summed E-state index contributed by atoms with van der Waals surface area (Å²) in [5, 5.41) is 13.0. The minimum absolute atomic E-state index is 0. The minimum atomic E-state index is -0.896. The lowest BCUT2D eigenvalue weighted by molar-refractivity contribution is -0.143. The number of aliphatic hydroxyl groups is 1. The molecule has 3 unspecified atom stereocenters. The Bertz CT molecular complexity index is 707. The molecule has 0 aromatic heterocycles. The number of ether oxygens (including phenoxy) is 2. The lowest BCUT2D eigenvalue weighted by Gasteiger charge is -2.23. The summed E-state index contributed by atoms with van der Waals surface area (Å²) in [6, 6.07) is 6.13. The van der Waals surface area contributed by atoms with Crippen LogP contribution in [0.4, 0.5) is 4.79 Å². The molecule has 0 heterocycles. The molecule has 1 saturated carbocycles. The van der Waals surface area contributed by atoms with E-state index < -0.39 is 29.8 Å². The van der Waals surface area contributed by atoms with Crippen LogP contribution in [0.25, 0.3) is 0 Å². The number of carbonyl (C=O) groups excluding carboxylic acids is 3. The molecule has 1 aliphatic carbocycles. The fourth-order valence-corrected chi connectivity index (χ4v) is 3.28. The number of methoxy groups -OCH3 is 1. The van der Waals surface area contributed by atoms with E-state index in [2.05, 4.69) is 5.32 Å². The highest BCUT2D eigenvalue weighted by Gasteiger charge is 2.32. The lowest BCUT2D eigenvalue weighted by atomic mass is 9.92. The van der Waals surface area contributed by atoms with Crippen molar-refractivity contribution in [1.29, 1.82) is 0 Å². The molecule has 1 aromatic carbocycles. The second-order valence-corrected chi connectivity index (χ2v) is 8.08. The summed E-state index contributed by atoms with van der Waals surface area (Å²) < 4.78 is 9.97. The molecule has 0 radical (unpaired) electrons. The van der Waals surface area contributed by atoms with E-state index in [1.807, 2.05) is 0 Å². The van der Waals surface area contributed by atoms with Crippen molar-refractivity contribution in [1.82, 2.24) is 5.32 Å². The van der Waals surface area contributed by atoms with Crippen LogP contribution in [-0.4, -0.2) is 41.7 Å². The van der Waals surface area contributed by atoms with E-state index in [0.29, 0.717) is 18.4 Å². The fraction of sp³-hybridized carbons (Fsp3) is 0.591. The third-order valence-electron chi connectivity index (χ3n) is 4.67. The summed E-state index contributed by atoms with van der Waals surface area (Å²) in [5.74, 6) is -0.821. The van der Waals surface area contributed by atoms with Crippen molar-refractivity contribution >= 4 is 17.8 Å². The van der Waals surface area contributed by atoms with E-state index in [0.717, 1.165) is 12.0 Å². The van der Waals surface area contributed by atoms with Crippen LogP contribution in [-0.2, 0) is 25.5 Å². The first-order valence-corrected chi connectivity index (χ1v) is 9.47. The summed E-state index contributed by atoms with van der Waals surface area (Å²) in [7, 11) is 1.25. The Kier molecular flexibility index (Phi) is 8.82. The Morgan fingerprint density at radius 1 is 1.24 bits per heavy atom. The van der Waals surface area contributed by atoms with Crippen molar-refractivity contribution in [2.24, 2.45) is 5.92 Å². The molecule has 0 spiro atoms. The van der Waals surface area contributed by atoms with E-state index in [1.165, 1.54) is 7.11 Å². The van der Waals surface area contributed by atoms with Gasteiger partial charge < -0.3 is 19.9 Å². The second-order valence-electron chi connectivity index (χ2n) is 8.08. The number of benzene rings is 1. The van der Waals surface area contributed by atoms with Crippen LogP contribution in [0.2, 0.25) is 0 Å². The summed E-state index contributed by atoms with van der Waals surface area (Å²) in [6.45, 7) is 5.20. The van der Waals surface area contributed by atoms with E-state index >= 15 is 0 Å². The van der Waals surface area contributed by atoms with Crippen molar-refractivity contribution < 1.29 is 29.0 Å². The average Bonchev–Trinajstić information content (AvgIpc) is 3.05. The molecular weight excluding hydrogens is 374 g/mol. The van der Waals surface area contributed by atoms with Gasteiger partial charge in [-0.3, -0.25) is 4.79 Å². The maximum Gasteiger partial charge on any atom is 0.408 e. The Balaban J connectivity index is 0.00000420. The number of nitrogens with one attached hydrogen (secondary N) is 1. The topological polar surface area (TPSA) is 102 Å². The van der Waals surface area contributed by atoms with Crippen molar-refractivity contribution in [3.8, 4) is 0 Å². The van der Waals surface area contributed by atoms with Crippen LogP contribution >= 0.6 is 0 Å². The number of amides is 1. The van der Waals surface area contributed by atoms with Gasteiger partial charge in [0.2, 0.25) is 0 Å². The number of hydrogen-bond acceptors (Lipinski definition) is 6. The number of esters is 1. The normalized spacial score (nSPS) is 18.4. The zero-order valence-electron chi connectivity index (χ0n) is 16.9. The molecule has 2 N–H and O–H groups in total. The van der Waals surface area contributed by atoms with E-state index in [9.17, 15) is 19.5 Å². The first-order chi connectivity index (χ1) is 13.1. The molecule has 7 nitrogen and oxygen atoms in total. The first-order valence-electron chi connectivity index (χ1n) is 9.47. The molecule has 1 aromatic rings. The van der Waals surface area contributed by atoms with E-state index in [-0.39, 0.29) is 25.5 Å². The predicted octanol–water partition coefficient (Wildman–Crippen LogP) is 3.33. The number of Topliss-reactive ketones (excluding diaryl/α,β-unsaturated/α-hetero) is 1. The molecule has 1 fully saturated rings. The average molecular weight is 408 g/mol. The molecule has 0 bridgehead atoms. The predicted molar refractivity (Wildman–Crippen MR) is 109 cm³/mol. The third kappa shape index (κ3) is 7.16. The van der Waals surface area contributed by atoms with Gasteiger partial charge in [-0.05, 0) is 44.7 Å². The number of carbonyl (C=O) groups is 3. The van der Waals surface area contributed by atoms with Gasteiger partial charge in [-0.1, -0.05) is 31.7 Å². The number of rotatable bonds is 6. The SMILES string of the molecule is C.COC(=O)C(Cc1ccc(C(O)C2CCCC2=O)cc1)NC(=O)OC(C)(C)C. The molecule has 2 rings (SSSR count). The van der Waals surface area contributed by atoms with Crippen molar-refractivity contribution in [3.05, 3.63) is 35.4 Å². The highest BCUT2D eigenvalue weighted by atomic mass is 16.6. The highest BCUT2D eigenvalue weighted by Crippen LogP contribution is 2.33. The number of aliphatic hydroxyl groups excluding tert-OH is 1. The summed E-state index contributed by atoms with van der Waals surface area (Å²) >= 11 is 0. The molecule has 0 saturated heterocycles. The zero-order valence-corrected chi connectivity index (χ0v) is 16.9. The van der Waals surface area contributed by atoms with Gasteiger partial charge >= 0.3 is 12.1 Å². The monoisotopic (exact) mass is 407 g/mol.